The standard InChI is InChI=1S/C21H25F2N3O/c1-5-6-19-17-7-8-24-14(3)18(17)11-26(19)15(4)16-9-13(2)21(25-10-16)27-12-20(22)23/h6-10,15,20H,5,11-12H2,1-4H3/b19-6-. The fourth-order valence-corrected chi connectivity index (χ4v) is 3.50. The molecule has 0 saturated heterocycles. The SMILES string of the molecule is CC/C=C1/c2ccnc(C)c2CN1C(C)c1cnc(OCC(F)F)c(C)c1. The topological polar surface area (TPSA) is 38.2 Å². The molecule has 27 heavy (non-hydrogen) atoms. The molecule has 144 valence electrons. The molecule has 1 atom stereocenters. The number of allylic oxidation sites excluding steroid dienone is 1. The minimum absolute atomic E-state index is 0.0879. The van der Waals surface area contributed by atoms with Gasteiger partial charge in [0.05, 0.1) is 6.04 Å². The molecule has 1 aliphatic rings. The van der Waals surface area contributed by atoms with Crippen LogP contribution >= 0.6 is 0 Å². The van der Waals surface area contributed by atoms with E-state index < -0.39 is 13.0 Å². The summed E-state index contributed by atoms with van der Waals surface area (Å²) in [7, 11) is 0. The molecule has 0 saturated carbocycles. The number of hydrogen-bond donors (Lipinski definition) is 0. The van der Waals surface area contributed by atoms with Crippen LogP contribution in [0.5, 0.6) is 5.88 Å². The van der Waals surface area contributed by atoms with Crippen molar-refractivity contribution in [2.75, 3.05) is 6.61 Å². The molecule has 4 nitrogen and oxygen atoms in total. The summed E-state index contributed by atoms with van der Waals surface area (Å²) in [6.07, 6.45) is 4.24. The summed E-state index contributed by atoms with van der Waals surface area (Å²) in [6, 6.07) is 4.13. The molecule has 0 fully saturated rings. The number of hydrogen-bond acceptors (Lipinski definition) is 4. The van der Waals surface area contributed by atoms with Gasteiger partial charge in [-0.25, -0.2) is 13.8 Å². The summed E-state index contributed by atoms with van der Waals surface area (Å²) in [6.45, 7) is 8.29. The van der Waals surface area contributed by atoms with Gasteiger partial charge >= 0.3 is 0 Å². The van der Waals surface area contributed by atoms with Crippen LogP contribution in [0.25, 0.3) is 5.70 Å². The first-order chi connectivity index (χ1) is 12.9. The number of halogens is 2. The fourth-order valence-electron chi connectivity index (χ4n) is 3.50. The molecule has 6 heteroatoms. The van der Waals surface area contributed by atoms with E-state index in [9.17, 15) is 8.78 Å². The van der Waals surface area contributed by atoms with Crippen LogP contribution in [-0.2, 0) is 6.54 Å². The fraction of sp³-hybridized carbons (Fsp3) is 0.429. The highest BCUT2D eigenvalue weighted by molar-refractivity contribution is 5.71. The molecule has 0 spiro atoms. The smallest absolute Gasteiger partial charge is 0.272 e. The summed E-state index contributed by atoms with van der Waals surface area (Å²) in [5, 5.41) is 0. The lowest BCUT2D eigenvalue weighted by molar-refractivity contribution is 0.0792. The lowest BCUT2D eigenvalue weighted by Crippen LogP contribution is -2.21. The van der Waals surface area contributed by atoms with Gasteiger partial charge in [-0.3, -0.25) is 4.98 Å². The molecule has 2 aromatic heterocycles. The molecule has 0 aliphatic carbocycles. The quantitative estimate of drug-likeness (QED) is 0.709. The van der Waals surface area contributed by atoms with Crippen molar-refractivity contribution >= 4 is 5.70 Å². The van der Waals surface area contributed by atoms with Gasteiger partial charge in [-0.15, -0.1) is 0 Å². The predicted molar refractivity (Wildman–Crippen MR) is 102 cm³/mol. The number of rotatable bonds is 6. The molecular weight excluding hydrogens is 348 g/mol. The van der Waals surface area contributed by atoms with Crippen LogP contribution in [0.2, 0.25) is 0 Å². The Morgan fingerprint density at radius 1 is 1.30 bits per heavy atom. The van der Waals surface area contributed by atoms with Gasteiger partial charge in [-0.2, -0.15) is 0 Å². The number of alkyl halides is 2. The van der Waals surface area contributed by atoms with Crippen molar-refractivity contribution in [3.63, 3.8) is 0 Å². The predicted octanol–water partition coefficient (Wildman–Crippen LogP) is 5.07. The molecule has 0 amide bonds. The monoisotopic (exact) mass is 373 g/mol. The van der Waals surface area contributed by atoms with E-state index in [1.165, 1.54) is 16.8 Å². The lowest BCUT2D eigenvalue weighted by Gasteiger charge is -2.28. The maximum Gasteiger partial charge on any atom is 0.272 e. The molecular formula is C21H25F2N3O. The van der Waals surface area contributed by atoms with Crippen molar-refractivity contribution in [2.45, 2.75) is 53.1 Å². The molecule has 3 heterocycles. The summed E-state index contributed by atoms with van der Waals surface area (Å²) in [5.74, 6) is 0.264. The van der Waals surface area contributed by atoms with Gasteiger partial charge in [-0.1, -0.05) is 13.0 Å². The van der Waals surface area contributed by atoms with E-state index in [2.05, 4.69) is 40.9 Å². The summed E-state index contributed by atoms with van der Waals surface area (Å²) in [4.78, 5) is 11.0. The third kappa shape index (κ3) is 3.94. The van der Waals surface area contributed by atoms with Crippen LogP contribution in [0.1, 0.15) is 54.3 Å². The highest BCUT2D eigenvalue weighted by Gasteiger charge is 2.29. The Bertz CT molecular complexity index is 851. The molecule has 0 aromatic carbocycles. The van der Waals surface area contributed by atoms with Crippen LogP contribution in [0.3, 0.4) is 0 Å². The second-order valence-electron chi connectivity index (χ2n) is 6.82. The maximum atomic E-state index is 12.4. The zero-order valence-electron chi connectivity index (χ0n) is 16.2. The Kier molecular flexibility index (Phi) is 5.73. The Morgan fingerprint density at radius 2 is 2.07 bits per heavy atom. The molecule has 0 N–H and O–H groups in total. The Labute approximate surface area is 158 Å². The van der Waals surface area contributed by atoms with E-state index in [1.54, 1.807) is 6.20 Å². The third-order valence-electron chi connectivity index (χ3n) is 4.93. The highest BCUT2D eigenvalue weighted by atomic mass is 19.3. The zero-order chi connectivity index (χ0) is 19.6. The first-order valence-electron chi connectivity index (χ1n) is 9.21. The second-order valence-corrected chi connectivity index (χ2v) is 6.82. The van der Waals surface area contributed by atoms with Crippen molar-refractivity contribution in [2.24, 2.45) is 0 Å². The number of nitrogens with zero attached hydrogens (tertiary/aromatic N) is 3. The van der Waals surface area contributed by atoms with Gasteiger partial charge < -0.3 is 9.64 Å². The van der Waals surface area contributed by atoms with Crippen molar-refractivity contribution in [1.29, 1.82) is 0 Å². The van der Waals surface area contributed by atoms with Crippen LogP contribution in [0.4, 0.5) is 8.78 Å². The van der Waals surface area contributed by atoms with E-state index in [-0.39, 0.29) is 11.9 Å². The zero-order valence-corrected chi connectivity index (χ0v) is 16.2. The average Bonchev–Trinajstić information content (AvgIpc) is 3.00. The van der Waals surface area contributed by atoms with E-state index >= 15 is 0 Å². The van der Waals surface area contributed by atoms with Gasteiger partial charge in [0, 0.05) is 47.0 Å². The normalized spacial score (nSPS) is 16.1. The Morgan fingerprint density at radius 3 is 2.74 bits per heavy atom. The lowest BCUT2D eigenvalue weighted by atomic mass is 10.1. The van der Waals surface area contributed by atoms with Gasteiger partial charge in [0.25, 0.3) is 6.43 Å². The van der Waals surface area contributed by atoms with Gasteiger partial charge in [-0.05, 0) is 44.9 Å². The summed E-state index contributed by atoms with van der Waals surface area (Å²) >= 11 is 0. The number of aromatic nitrogens is 2. The minimum Gasteiger partial charge on any atom is -0.471 e. The summed E-state index contributed by atoms with van der Waals surface area (Å²) < 4.78 is 29.8. The molecule has 0 bridgehead atoms. The molecule has 1 unspecified atom stereocenters. The Hall–Kier alpha value is -2.50. The molecule has 0 radical (unpaired) electrons. The molecule has 3 rings (SSSR count). The second kappa shape index (κ2) is 8.03. The van der Waals surface area contributed by atoms with E-state index in [1.807, 2.05) is 26.1 Å². The highest BCUT2D eigenvalue weighted by Crippen LogP contribution is 2.40. The minimum atomic E-state index is -2.51. The van der Waals surface area contributed by atoms with Crippen molar-refractivity contribution in [1.82, 2.24) is 14.9 Å². The maximum absolute atomic E-state index is 12.4. The van der Waals surface area contributed by atoms with Crippen LogP contribution in [-0.4, -0.2) is 27.9 Å². The largest absolute Gasteiger partial charge is 0.471 e. The van der Waals surface area contributed by atoms with E-state index in [0.29, 0.717) is 0 Å². The van der Waals surface area contributed by atoms with Crippen LogP contribution in [0, 0.1) is 13.8 Å². The van der Waals surface area contributed by atoms with Gasteiger partial charge in [0.2, 0.25) is 5.88 Å². The molecule has 2 aromatic rings. The number of fused-ring (bicyclic) bond motifs is 1. The van der Waals surface area contributed by atoms with Crippen molar-refractivity contribution in [3.05, 3.63) is 58.6 Å². The molecule has 1 aliphatic heterocycles. The van der Waals surface area contributed by atoms with Crippen molar-refractivity contribution in [3.8, 4) is 5.88 Å². The third-order valence-corrected chi connectivity index (χ3v) is 4.93. The Balaban J connectivity index is 1.87. The van der Waals surface area contributed by atoms with E-state index in [4.69, 9.17) is 4.74 Å². The first-order valence-corrected chi connectivity index (χ1v) is 9.21. The first kappa shape index (κ1) is 19.3. The van der Waals surface area contributed by atoms with Crippen LogP contribution < -0.4 is 4.74 Å². The summed E-state index contributed by atoms with van der Waals surface area (Å²) in [5.41, 5.74) is 6.53. The van der Waals surface area contributed by atoms with Crippen molar-refractivity contribution < 1.29 is 13.5 Å². The van der Waals surface area contributed by atoms with Gasteiger partial charge in [0.1, 0.15) is 0 Å². The number of aryl methyl sites for hydroxylation is 2. The van der Waals surface area contributed by atoms with Gasteiger partial charge in [0.15, 0.2) is 6.61 Å². The van der Waals surface area contributed by atoms with E-state index in [0.717, 1.165) is 29.8 Å². The van der Waals surface area contributed by atoms with Crippen LogP contribution in [0.15, 0.2) is 30.6 Å². The number of ether oxygens (including phenoxy) is 1. The number of pyridine rings is 2. The average molecular weight is 373 g/mol.